The molecule has 1 aliphatic heterocycles. The van der Waals surface area contributed by atoms with Crippen LogP contribution in [0.25, 0.3) is 16.7 Å². The van der Waals surface area contributed by atoms with Crippen LogP contribution in [0.1, 0.15) is 12.8 Å². The van der Waals surface area contributed by atoms with E-state index in [1.54, 1.807) is 6.20 Å². The average molecular weight is 344 g/mol. The van der Waals surface area contributed by atoms with Gasteiger partial charge in [0.05, 0.1) is 19.5 Å². The fourth-order valence-corrected chi connectivity index (χ4v) is 2.84. The number of fused-ring (bicyclic) bond motifs is 1. The summed E-state index contributed by atoms with van der Waals surface area (Å²) in [6, 6.07) is 1.20. The number of pyridine rings is 1. The summed E-state index contributed by atoms with van der Waals surface area (Å²) < 4.78 is 26.7. The van der Waals surface area contributed by atoms with Gasteiger partial charge in [0.2, 0.25) is 11.8 Å². The molecule has 0 aliphatic carbocycles. The molecule has 25 heavy (non-hydrogen) atoms. The van der Waals surface area contributed by atoms with Gasteiger partial charge in [-0.15, -0.1) is 0 Å². The van der Waals surface area contributed by atoms with E-state index < -0.39 is 5.82 Å². The third kappa shape index (κ3) is 2.98. The van der Waals surface area contributed by atoms with Gasteiger partial charge in [0, 0.05) is 6.07 Å². The lowest BCUT2D eigenvalue weighted by Gasteiger charge is -2.23. The third-order valence-corrected chi connectivity index (χ3v) is 4.14. The van der Waals surface area contributed by atoms with Crippen LogP contribution in [0.5, 0.6) is 11.8 Å². The molecule has 8 nitrogen and oxygen atoms in total. The Morgan fingerprint density at radius 2 is 2.04 bits per heavy atom. The Balaban J connectivity index is 1.71. The van der Waals surface area contributed by atoms with Crippen LogP contribution in [-0.2, 0) is 0 Å². The summed E-state index contributed by atoms with van der Waals surface area (Å²) in [6.45, 7) is 1.84. The minimum atomic E-state index is -0.503. The monoisotopic (exact) mass is 344 g/mol. The van der Waals surface area contributed by atoms with Crippen molar-refractivity contribution in [3.05, 3.63) is 30.6 Å². The van der Waals surface area contributed by atoms with Gasteiger partial charge in [-0.1, -0.05) is 0 Å². The summed E-state index contributed by atoms with van der Waals surface area (Å²) in [6.07, 6.45) is 6.26. The SMILES string of the molecule is COc1cc(F)c(-n2ncc3c(OC4CCNCC4)ncnc32)cn1. The van der Waals surface area contributed by atoms with E-state index in [0.29, 0.717) is 16.9 Å². The molecule has 0 radical (unpaired) electrons. The molecule has 0 spiro atoms. The normalized spacial score (nSPS) is 15.4. The number of aromatic nitrogens is 5. The zero-order valence-electron chi connectivity index (χ0n) is 13.6. The number of ether oxygens (including phenoxy) is 2. The molecule has 1 fully saturated rings. The van der Waals surface area contributed by atoms with Crippen LogP contribution < -0.4 is 14.8 Å². The van der Waals surface area contributed by atoms with E-state index in [9.17, 15) is 4.39 Å². The summed E-state index contributed by atoms with van der Waals surface area (Å²) in [5.41, 5.74) is 0.645. The van der Waals surface area contributed by atoms with Gasteiger partial charge in [-0.05, 0) is 25.9 Å². The highest BCUT2D eigenvalue weighted by Gasteiger charge is 2.19. The molecule has 1 saturated heterocycles. The van der Waals surface area contributed by atoms with Crippen LogP contribution in [0.15, 0.2) is 24.8 Å². The molecule has 130 valence electrons. The molecule has 3 aromatic rings. The van der Waals surface area contributed by atoms with Crippen molar-refractivity contribution >= 4 is 11.0 Å². The van der Waals surface area contributed by atoms with Crippen molar-refractivity contribution in [2.45, 2.75) is 18.9 Å². The topological polar surface area (TPSA) is 87.0 Å². The Bertz CT molecular complexity index is 893. The molecule has 0 atom stereocenters. The van der Waals surface area contributed by atoms with Crippen LogP contribution in [0.3, 0.4) is 0 Å². The molecule has 3 aromatic heterocycles. The lowest BCUT2D eigenvalue weighted by atomic mass is 10.1. The van der Waals surface area contributed by atoms with E-state index in [4.69, 9.17) is 9.47 Å². The second-order valence-electron chi connectivity index (χ2n) is 5.72. The number of nitrogens with zero attached hydrogens (tertiary/aromatic N) is 5. The van der Waals surface area contributed by atoms with E-state index in [-0.39, 0.29) is 17.7 Å². The molecule has 1 N–H and O–H groups in total. The van der Waals surface area contributed by atoms with Gasteiger partial charge in [0.25, 0.3) is 0 Å². The first-order chi connectivity index (χ1) is 12.3. The van der Waals surface area contributed by atoms with Gasteiger partial charge >= 0.3 is 0 Å². The highest BCUT2D eigenvalue weighted by molar-refractivity contribution is 5.81. The fraction of sp³-hybridized carbons (Fsp3) is 0.375. The number of nitrogens with one attached hydrogen (secondary N) is 1. The van der Waals surface area contributed by atoms with Gasteiger partial charge in [-0.2, -0.15) is 5.10 Å². The molecular formula is C16H17FN6O2. The smallest absolute Gasteiger partial charge is 0.228 e. The van der Waals surface area contributed by atoms with Crippen molar-refractivity contribution in [2.75, 3.05) is 20.2 Å². The first-order valence-corrected chi connectivity index (χ1v) is 8.02. The van der Waals surface area contributed by atoms with Crippen molar-refractivity contribution in [1.82, 2.24) is 30.0 Å². The maximum absolute atomic E-state index is 14.3. The van der Waals surface area contributed by atoms with E-state index >= 15 is 0 Å². The largest absolute Gasteiger partial charge is 0.481 e. The Hall–Kier alpha value is -2.81. The first-order valence-electron chi connectivity index (χ1n) is 8.02. The number of hydrogen-bond acceptors (Lipinski definition) is 7. The number of methoxy groups -OCH3 is 1. The summed E-state index contributed by atoms with van der Waals surface area (Å²) in [5.74, 6) is 0.156. The van der Waals surface area contributed by atoms with Crippen molar-refractivity contribution < 1.29 is 13.9 Å². The molecule has 1 aliphatic rings. The molecule has 9 heteroatoms. The van der Waals surface area contributed by atoms with E-state index in [0.717, 1.165) is 25.9 Å². The van der Waals surface area contributed by atoms with Gasteiger partial charge in [0.15, 0.2) is 11.5 Å². The zero-order valence-corrected chi connectivity index (χ0v) is 13.6. The molecule has 0 amide bonds. The summed E-state index contributed by atoms with van der Waals surface area (Å²) >= 11 is 0. The summed E-state index contributed by atoms with van der Waals surface area (Å²) in [5, 5.41) is 8.16. The van der Waals surface area contributed by atoms with Crippen molar-refractivity contribution in [1.29, 1.82) is 0 Å². The minimum Gasteiger partial charge on any atom is -0.481 e. The Labute approximate surface area is 143 Å². The molecule has 0 aromatic carbocycles. The second kappa shape index (κ2) is 6.60. The van der Waals surface area contributed by atoms with Crippen LogP contribution in [0.2, 0.25) is 0 Å². The number of hydrogen-bond donors (Lipinski definition) is 1. The third-order valence-electron chi connectivity index (χ3n) is 4.14. The lowest BCUT2D eigenvalue weighted by Crippen LogP contribution is -2.34. The Kier molecular flexibility index (Phi) is 4.14. The van der Waals surface area contributed by atoms with Gasteiger partial charge in [0.1, 0.15) is 23.5 Å². The maximum atomic E-state index is 14.3. The summed E-state index contributed by atoms with van der Waals surface area (Å²) in [4.78, 5) is 12.5. The van der Waals surface area contributed by atoms with Crippen molar-refractivity contribution in [3.8, 4) is 17.4 Å². The molecule has 4 rings (SSSR count). The van der Waals surface area contributed by atoms with Crippen LogP contribution in [0.4, 0.5) is 4.39 Å². The zero-order chi connectivity index (χ0) is 17.2. The van der Waals surface area contributed by atoms with Crippen molar-refractivity contribution in [2.24, 2.45) is 0 Å². The lowest BCUT2D eigenvalue weighted by molar-refractivity contribution is 0.158. The second-order valence-corrected chi connectivity index (χ2v) is 5.72. The standard InChI is InChI=1S/C16H17FN6O2/c1-24-14-6-12(17)13(8-19-14)23-15-11(7-22-23)16(21-9-20-15)25-10-2-4-18-5-3-10/h6-10,18H,2-5H2,1H3. The van der Waals surface area contributed by atoms with Crippen LogP contribution in [0, 0.1) is 5.82 Å². The Morgan fingerprint density at radius 1 is 1.20 bits per heavy atom. The van der Waals surface area contributed by atoms with Gasteiger partial charge in [-0.25, -0.2) is 24.0 Å². The average Bonchev–Trinajstić information content (AvgIpc) is 3.07. The van der Waals surface area contributed by atoms with Gasteiger partial charge in [-0.3, -0.25) is 0 Å². The van der Waals surface area contributed by atoms with E-state index in [1.165, 1.54) is 30.4 Å². The first kappa shape index (κ1) is 15.7. The minimum absolute atomic E-state index is 0.0992. The van der Waals surface area contributed by atoms with Gasteiger partial charge < -0.3 is 14.8 Å². The van der Waals surface area contributed by atoms with Crippen LogP contribution >= 0.6 is 0 Å². The number of rotatable bonds is 4. The van der Waals surface area contributed by atoms with Crippen molar-refractivity contribution in [3.63, 3.8) is 0 Å². The molecular weight excluding hydrogens is 327 g/mol. The van der Waals surface area contributed by atoms with E-state index in [2.05, 4.69) is 25.4 Å². The quantitative estimate of drug-likeness (QED) is 0.767. The predicted octanol–water partition coefficient (Wildman–Crippen LogP) is 1.49. The van der Waals surface area contributed by atoms with Crippen LogP contribution in [-0.4, -0.2) is 51.0 Å². The molecule has 0 saturated carbocycles. The number of piperidine rings is 1. The Morgan fingerprint density at radius 3 is 2.80 bits per heavy atom. The molecule has 0 unspecified atom stereocenters. The maximum Gasteiger partial charge on any atom is 0.228 e. The number of halogens is 1. The highest BCUT2D eigenvalue weighted by Crippen LogP contribution is 2.26. The molecule has 4 heterocycles. The highest BCUT2D eigenvalue weighted by atomic mass is 19.1. The van der Waals surface area contributed by atoms with E-state index in [1.807, 2.05) is 0 Å². The fourth-order valence-electron chi connectivity index (χ4n) is 2.84. The summed E-state index contributed by atoms with van der Waals surface area (Å²) in [7, 11) is 1.43. The molecule has 0 bridgehead atoms. The predicted molar refractivity (Wildman–Crippen MR) is 87.5 cm³/mol.